The highest BCUT2D eigenvalue weighted by Gasteiger charge is 2.77. The predicted octanol–water partition coefficient (Wildman–Crippen LogP) is 4.52. The van der Waals surface area contributed by atoms with E-state index in [0.29, 0.717) is 41.5 Å². The van der Waals surface area contributed by atoms with Crippen LogP contribution in [0.15, 0.2) is 36.4 Å². The molecule has 8 heteroatoms. The van der Waals surface area contributed by atoms with Gasteiger partial charge in [0.25, 0.3) is 0 Å². The van der Waals surface area contributed by atoms with Gasteiger partial charge in [0.05, 0.1) is 40.9 Å². The van der Waals surface area contributed by atoms with Crippen molar-refractivity contribution in [2.75, 3.05) is 11.5 Å². The second-order valence-electron chi connectivity index (χ2n) is 12.2. The number of amides is 2. The summed E-state index contributed by atoms with van der Waals surface area (Å²) in [5.41, 5.74) is -1.13. The quantitative estimate of drug-likeness (QED) is 0.473. The van der Waals surface area contributed by atoms with Crippen LogP contribution in [-0.4, -0.2) is 49.2 Å². The van der Waals surface area contributed by atoms with E-state index in [9.17, 15) is 20.0 Å². The minimum atomic E-state index is -2.02. The van der Waals surface area contributed by atoms with Crippen LogP contribution in [0.5, 0.6) is 0 Å². The molecule has 0 saturated carbocycles. The molecule has 7 nitrogen and oxygen atoms in total. The van der Waals surface area contributed by atoms with E-state index in [0.717, 1.165) is 0 Å². The number of hydrogen-bond donors (Lipinski definition) is 1. The van der Waals surface area contributed by atoms with Gasteiger partial charge in [0.2, 0.25) is 11.8 Å². The summed E-state index contributed by atoms with van der Waals surface area (Å²) in [7, 11) is -2.02. The number of aliphatic hydroxyl groups is 1. The van der Waals surface area contributed by atoms with Crippen molar-refractivity contribution in [3.63, 3.8) is 0 Å². The highest BCUT2D eigenvalue weighted by molar-refractivity contribution is 6.74. The Morgan fingerprint density at radius 3 is 2.42 bits per heavy atom. The van der Waals surface area contributed by atoms with Gasteiger partial charge in [-0.1, -0.05) is 45.0 Å². The van der Waals surface area contributed by atoms with Crippen LogP contribution < -0.4 is 4.90 Å². The minimum absolute atomic E-state index is 0.0417. The molecule has 190 valence electrons. The van der Waals surface area contributed by atoms with Gasteiger partial charge in [0.15, 0.2) is 8.32 Å². The van der Waals surface area contributed by atoms with Crippen molar-refractivity contribution in [3.05, 3.63) is 42.0 Å². The van der Waals surface area contributed by atoms with Crippen molar-refractivity contribution in [3.8, 4) is 6.07 Å². The van der Waals surface area contributed by atoms with Crippen LogP contribution in [-0.2, 0) is 18.8 Å². The zero-order valence-electron chi connectivity index (χ0n) is 21.8. The number of benzene rings is 2. The van der Waals surface area contributed by atoms with E-state index in [1.807, 2.05) is 24.3 Å². The fourth-order valence-corrected chi connectivity index (χ4v) is 7.18. The highest BCUT2D eigenvalue weighted by atomic mass is 28.4. The molecule has 1 N–H and O–H groups in total. The topological polar surface area (TPSA) is 99.9 Å². The van der Waals surface area contributed by atoms with Gasteiger partial charge in [-0.25, -0.2) is 4.90 Å². The lowest BCUT2D eigenvalue weighted by atomic mass is 9.66. The summed E-state index contributed by atoms with van der Waals surface area (Å²) in [6.45, 7) is 13.0. The van der Waals surface area contributed by atoms with E-state index < -0.39 is 37.5 Å². The van der Waals surface area contributed by atoms with Gasteiger partial charge in [-0.15, -0.1) is 0 Å². The Labute approximate surface area is 213 Å². The van der Waals surface area contributed by atoms with Gasteiger partial charge in [-0.3, -0.25) is 9.59 Å². The molecule has 3 heterocycles. The van der Waals surface area contributed by atoms with Gasteiger partial charge in [0, 0.05) is 23.8 Å². The molecule has 1 unspecified atom stereocenters. The van der Waals surface area contributed by atoms with Crippen LogP contribution in [0, 0.1) is 23.2 Å². The summed E-state index contributed by atoms with van der Waals surface area (Å²) in [6.07, 6.45) is -0.109. The number of nitriles is 1. The molecule has 2 bridgehead atoms. The number of carbonyl (C=O) groups is 2. The van der Waals surface area contributed by atoms with E-state index in [1.54, 1.807) is 19.1 Å². The molecular weight excluding hydrogens is 472 g/mol. The van der Waals surface area contributed by atoms with Gasteiger partial charge in [-0.05, 0) is 43.6 Å². The van der Waals surface area contributed by atoms with Crippen LogP contribution >= 0.6 is 0 Å². The molecule has 36 heavy (non-hydrogen) atoms. The Balaban J connectivity index is 1.52. The molecule has 0 aliphatic carbocycles. The second kappa shape index (κ2) is 7.96. The molecule has 0 spiro atoms. The molecular formula is C28H34N2O5Si. The average molecular weight is 507 g/mol. The Bertz CT molecular complexity index is 1310. The zero-order chi connectivity index (χ0) is 26.3. The Morgan fingerprint density at radius 2 is 1.78 bits per heavy atom. The monoisotopic (exact) mass is 506 g/mol. The van der Waals surface area contributed by atoms with Crippen molar-refractivity contribution >= 4 is 36.6 Å². The van der Waals surface area contributed by atoms with Crippen LogP contribution in [0.3, 0.4) is 0 Å². The van der Waals surface area contributed by atoms with Crippen LogP contribution in [0.4, 0.5) is 5.69 Å². The lowest BCUT2D eigenvalue weighted by Gasteiger charge is -2.38. The minimum Gasteiger partial charge on any atom is -0.417 e. The largest absolute Gasteiger partial charge is 0.417 e. The maximum absolute atomic E-state index is 14.0. The van der Waals surface area contributed by atoms with Gasteiger partial charge < -0.3 is 14.3 Å². The Hall–Kier alpha value is -2.57. The van der Waals surface area contributed by atoms with Crippen molar-refractivity contribution in [2.24, 2.45) is 11.8 Å². The second-order valence-corrected chi connectivity index (χ2v) is 17.0. The third-order valence-electron chi connectivity index (χ3n) is 9.17. The van der Waals surface area contributed by atoms with E-state index >= 15 is 0 Å². The maximum Gasteiger partial charge on any atom is 0.240 e. The number of ether oxygens (including phenoxy) is 1. The summed E-state index contributed by atoms with van der Waals surface area (Å²) in [5.74, 6) is -2.11. The molecule has 3 fully saturated rings. The van der Waals surface area contributed by atoms with Crippen molar-refractivity contribution in [1.29, 1.82) is 5.26 Å². The van der Waals surface area contributed by atoms with Crippen molar-refractivity contribution in [1.82, 2.24) is 0 Å². The van der Waals surface area contributed by atoms with Crippen LogP contribution in [0.1, 0.15) is 46.1 Å². The predicted molar refractivity (Wildman–Crippen MR) is 139 cm³/mol. The molecule has 2 amide bonds. The van der Waals surface area contributed by atoms with Gasteiger partial charge in [0.1, 0.15) is 5.60 Å². The summed E-state index contributed by atoms with van der Waals surface area (Å²) in [5, 5.41) is 22.0. The molecule has 0 radical (unpaired) electrons. The lowest BCUT2D eigenvalue weighted by Crippen LogP contribution is -2.50. The first-order valence-electron chi connectivity index (χ1n) is 12.6. The van der Waals surface area contributed by atoms with E-state index in [-0.39, 0.29) is 16.9 Å². The number of aliphatic hydroxyl groups excluding tert-OH is 1. The molecule has 5 atom stereocenters. The average Bonchev–Trinajstić information content (AvgIpc) is 3.33. The first kappa shape index (κ1) is 25.1. The molecule has 3 aliphatic rings. The molecule has 2 aromatic rings. The van der Waals surface area contributed by atoms with Crippen molar-refractivity contribution < 1.29 is 23.9 Å². The summed E-state index contributed by atoms with van der Waals surface area (Å²) < 4.78 is 12.9. The standard InChI is InChI=1S/C28H34N2O5Si/c1-26(2,3)36(5,6)34-14-13-28-15-21(31)27(4,35-28)22-23(28)25(33)30(24(22)32)20-12-11-17(16-29)18-9-7-8-10-19(18)20/h7-12,21-23,31H,13-15H2,1-6H3/t21-,22?,23+,27-,28+/m0/s1. The molecule has 5 rings (SSSR count). The maximum atomic E-state index is 14.0. The Morgan fingerprint density at radius 1 is 1.14 bits per heavy atom. The fourth-order valence-electron chi connectivity index (χ4n) is 6.13. The third kappa shape index (κ3) is 3.33. The first-order valence-corrected chi connectivity index (χ1v) is 15.5. The van der Waals surface area contributed by atoms with Gasteiger partial charge in [-0.2, -0.15) is 5.26 Å². The number of nitrogens with zero attached hydrogens (tertiary/aromatic N) is 2. The SMILES string of the molecule is CC(C)(C)[Si](C)(C)OCC[C@]12C[C@H](O)[C@](C)(O1)C1C(=O)N(c3ccc(C#N)c4ccccc34)C(=O)[C@@H]12. The highest BCUT2D eigenvalue weighted by Crippen LogP contribution is 2.62. The molecule has 3 saturated heterocycles. The number of anilines is 1. The normalized spacial score (nSPS) is 31.8. The summed E-state index contributed by atoms with van der Waals surface area (Å²) >= 11 is 0. The first-order chi connectivity index (χ1) is 16.8. The summed E-state index contributed by atoms with van der Waals surface area (Å²) in [4.78, 5) is 29.1. The van der Waals surface area contributed by atoms with Crippen LogP contribution in [0.2, 0.25) is 18.1 Å². The van der Waals surface area contributed by atoms with E-state index in [2.05, 4.69) is 39.9 Å². The number of fused-ring (bicyclic) bond motifs is 6. The lowest BCUT2D eigenvalue weighted by molar-refractivity contribution is -0.134. The van der Waals surface area contributed by atoms with E-state index in [4.69, 9.17) is 9.16 Å². The molecule has 2 aromatic carbocycles. The van der Waals surface area contributed by atoms with E-state index in [1.165, 1.54) is 4.90 Å². The molecule has 0 aromatic heterocycles. The zero-order valence-corrected chi connectivity index (χ0v) is 22.8. The molecule has 3 aliphatic heterocycles. The smallest absolute Gasteiger partial charge is 0.240 e. The number of rotatable bonds is 5. The number of carbonyl (C=O) groups excluding carboxylic acids is 2. The summed E-state index contributed by atoms with van der Waals surface area (Å²) in [6, 6.07) is 12.8. The number of imide groups is 1. The van der Waals surface area contributed by atoms with Gasteiger partial charge >= 0.3 is 0 Å². The third-order valence-corrected chi connectivity index (χ3v) is 13.7. The number of hydrogen-bond acceptors (Lipinski definition) is 6. The fraction of sp³-hybridized carbons (Fsp3) is 0.536. The van der Waals surface area contributed by atoms with Crippen LogP contribution in [0.25, 0.3) is 10.8 Å². The van der Waals surface area contributed by atoms with Crippen molar-refractivity contribution in [2.45, 2.75) is 76.0 Å². The Kier molecular flexibility index (Phi) is 5.55.